The van der Waals surface area contributed by atoms with Crippen molar-refractivity contribution >= 4 is 0 Å². The van der Waals surface area contributed by atoms with E-state index in [2.05, 4.69) is 43.2 Å². The van der Waals surface area contributed by atoms with Crippen molar-refractivity contribution in [1.82, 2.24) is 15.1 Å². The quantitative estimate of drug-likeness (QED) is 0.839. The molecule has 0 aliphatic heterocycles. The van der Waals surface area contributed by atoms with Gasteiger partial charge in [0, 0.05) is 18.7 Å². The number of nitrogens with one attached hydrogen (secondary N) is 1. The van der Waals surface area contributed by atoms with Crippen molar-refractivity contribution in [2.75, 3.05) is 7.05 Å². The van der Waals surface area contributed by atoms with E-state index in [9.17, 15) is 0 Å². The zero-order valence-electron chi connectivity index (χ0n) is 12.0. The summed E-state index contributed by atoms with van der Waals surface area (Å²) in [6.07, 6.45) is 9.79. The van der Waals surface area contributed by atoms with Crippen molar-refractivity contribution in [2.45, 2.75) is 64.5 Å². The van der Waals surface area contributed by atoms with Crippen LogP contribution < -0.4 is 5.32 Å². The predicted molar refractivity (Wildman–Crippen MR) is 75.7 cm³/mol. The fourth-order valence-electron chi connectivity index (χ4n) is 2.98. The maximum absolute atomic E-state index is 4.76. The number of hydrogen-bond acceptors (Lipinski definition) is 2. The third kappa shape index (κ3) is 3.58. The van der Waals surface area contributed by atoms with Gasteiger partial charge in [0.05, 0.1) is 11.7 Å². The van der Waals surface area contributed by atoms with Crippen LogP contribution in [0.4, 0.5) is 0 Å². The molecule has 2 rings (SSSR count). The van der Waals surface area contributed by atoms with Crippen molar-refractivity contribution in [3.05, 3.63) is 18.0 Å². The lowest BCUT2D eigenvalue weighted by Gasteiger charge is -2.17. The minimum absolute atomic E-state index is 0.553. The van der Waals surface area contributed by atoms with Gasteiger partial charge in [-0.15, -0.1) is 0 Å². The van der Waals surface area contributed by atoms with E-state index in [1.54, 1.807) is 0 Å². The summed E-state index contributed by atoms with van der Waals surface area (Å²) in [5, 5.41) is 8.18. The fourth-order valence-corrected chi connectivity index (χ4v) is 2.98. The van der Waals surface area contributed by atoms with Gasteiger partial charge in [-0.05, 0) is 38.3 Å². The van der Waals surface area contributed by atoms with E-state index in [0.717, 1.165) is 12.3 Å². The van der Waals surface area contributed by atoms with Crippen molar-refractivity contribution in [1.29, 1.82) is 0 Å². The Balaban J connectivity index is 1.92. The van der Waals surface area contributed by atoms with Gasteiger partial charge >= 0.3 is 0 Å². The van der Waals surface area contributed by atoms with Crippen LogP contribution in [0.15, 0.2) is 12.3 Å². The first-order valence-corrected chi connectivity index (χ1v) is 7.40. The Morgan fingerprint density at radius 1 is 1.39 bits per heavy atom. The highest BCUT2D eigenvalue weighted by Crippen LogP contribution is 2.28. The number of rotatable bonds is 6. The van der Waals surface area contributed by atoms with Crippen molar-refractivity contribution < 1.29 is 0 Å². The molecule has 3 nitrogen and oxygen atoms in total. The Morgan fingerprint density at radius 3 is 2.72 bits per heavy atom. The minimum atomic E-state index is 0.553. The van der Waals surface area contributed by atoms with E-state index in [4.69, 9.17) is 5.10 Å². The molecule has 1 aromatic rings. The molecule has 3 heteroatoms. The number of likely N-dealkylation sites (N-methyl/N-ethyl adjacent to an activating group) is 1. The summed E-state index contributed by atoms with van der Waals surface area (Å²) >= 11 is 0. The van der Waals surface area contributed by atoms with Crippen molar-refractivity contribution in [3.63, 3.8) is 0 Å². The molecular weight excluding hydrogens is 222 g/mol. The van der Waals surface area contributed by atoms with Crippen LogP contribution in [0, 0.1) is 5.92 Å². The van der Waals surface area contributed by atoms with E-state index in [1.807, 2.05) is 0 Å². The Bertz CT molecular complexity index is 350. The molecule has 1 unspecified atom stereocenters. The summed E-state index contributed by atoms with van der Waals surface area (Å²) in [5.74, 6) is 0.736. The van der Waals surface area contributed by atoms with Crippen LogP contribution >= 0.6 is 0 Å². The molecule has 102 valence electrons. The molecule has 18 heavy (non-hydrogen) atoms. The van der Waals surface area contributed by atoms with Crippen molar-refractivity contribution in [2.24, 2.45) is 5.92 Å². The molecule has 0 radical (unpaired) electrons. The molecule has 1 heterocycles. The van der Waals surface area contributed by atoms with Gasteiger partial charge in [0.25, 0.3) is 0 Å². The third-order valence-corrected chi connectivity index (χ3v) is 3.98. The van der Waals surface area contributed by atoms with E-state index < -0.39 is 0 Å². The zero-order valence-corrected chi connectivity index (χ0v) is 12.0. The fraction of sp³-hybridized carbons (Fsp3) is 0.800. The summed E-state index contributed by atoms with van der Waals surface area (Å²) < 4.78 is 2.20. The molecule has 0 amide bonds. The first kappa shape index (κ1) is 13.6. The number of hydrogen-bond donors (Lipinski definition) is 1. The number of aromatic nitrogens is 2. The topological polar surface area (TPSA) is 29.9 Å². The Kier molecular flexibility index (Phi) is 4.81. The number of nitrogens with zero attached hydrogens (tertiary/aromatic N) is 2. The second kappa shape index (κ2) is 6.37. The second-order valence-electron chi connectivity index (χ2n) is 6.04. The molecule has 1 aliphatic rings. The molecule has 1 saturated carbocycles. The van der Waals surface area contributed by atoms with Gasteiger partial charge in [0.2, 0.25) is 0 Å². The van der Waals surface area contributed by atoms with Gasteiger partial charge in [0.1, 0.15) is 0 Å². The van der Waals surface area contributed by atoms with Gasteiger partial charge in [-0.25, -0.2) is 0 Å². The summed E-state index contributed by atoms with van der Waals surface area (Å²) in [5.41, 5.74) is 1.24. The lowest BCUT2D eigenvalue weighted by molar-refractivity contribution is 0.427. The van der Waals surface area contributed by atoms with E-state index in [1.165, 1.54) is 37.8 Å². The van der Waals surface area contributed by atoms with Crippen LogP contribution in [-0.2, 0) is 6.42 Å². The molecule has 0 spiro atoms. The summed E-state index contributed by atoms with van der Waals surface area (Å²) in [6, 6.07) is 3.41. The van der Waals surface area contributed by atoms with Crippen LogP contribution in [0.5, 0.6) is 0 Å². The molecule has 0 bridgehead atoms. The Morgan fingerprint density at radius 2 is 2.11 bits per heavy atom. The average molecular weight is 249 g/mol. The Labute approximate surface area is 111 Å². The van der Waals surface area contributed by atoms with Gasteiger partial charge in [-0.2, -0.15) is 5.10 Å². The van der Waals surface area contributed by atoms with Crippen LogP contribution in [-0.4, -0.2) is 22.9 Å². The average Bonchev–Trinajstić information content (AvgIpc) is 2.97. The largest absolute Gasteiger partial charge is 0.317 e. The van der Waals surface area contributed by atoms with Gasteiger partial charge in [0.15, 0.2) is 0 Å². The normalized spacial score (nSPS) is 18.7. The first-order valence-electron chi connectivity index (χ1n) is 7.40. The van der Waals surface area contributed by atoms with Crippen LogP contribution in [0.3, 0.4) is 0 Å². The molecule has 1 fully saturated rings. The smallest absolute Gasteiger partial charge is 0.0640 e. The maximum Gasteiger partial charge on any atom is 0.0640 e. The minimum Gasteiger partial charge on any atom is -0.317 e. The van der Waals surface area contributed by atoms with Crippen LogP contribution in [0.25, 0.3) is 0 Å². The summed E-state index contributed by atoms with van der Waals surface area (Å²) in [6.45, 7) is 4.56. The summed E-state index contributed by atoms with van der Waals surface area (Å²) in [4.78, 5) is 0. The van der Waals surface area contributed by atoms with Crippen LogP contribution in [0.1, 0.15) is 57.7 Å². The molecule has 1 N–H and O–H groups in total. The second-order valence-corrected chi connectivity index (χ2v) is 6.04. The molecule has 0 aromatic carbocycles. The lowest BCUT2D eigenvalue weighted by atomic mass is 10.0. The first-order chi connectivity index (χ1) is 8.69. The highest BCUT2D eigenvalue weighted by molar-refractivity contribution is 5.02. The zero-order chi connectivity index (χ0) is 13.0. The third-order valence-electron chi connectivity index (χ3n) is 3.98. The van der Waals surface area contributed by atoms with Gasteiger partial charge in [-0.1, -0.05) is 26.7 Å². The van der Waals surface area contributed by atoms with E-state index in [-0.39, 0.29) is 0 Å². The molecule has 1 atom stereocenters. The van der Waals surface area contributed by atoms with Gasteiger partial charge in [-0.3, -0.25) is 4.68 Å². The molecule has 0 saturated heterocycles. The van der Waals surface area contributed by atoms with E-state index >= 15 is 0 Å². The molecule has 1 aromatic heterocycles. The molecule has 1 aliphatic carbocycles. The molecular formula is C15H27N3. The van der Waals surface area contributed by atoms with Crippen LogP contribution in [0.2, 0.25) is 0 Å². The van der Waals surface area contributed by atoms with Gasteiger partial charge < -0.3 is 5.32 Å². The highest BCUT2D eigenvalue weighted by atomic mass is 15.3. The monoisotopic (exact) mass is 249 g/mol. The Hall–Kier alpha value is -0.830. The standard InChI is InChI=1S/C15H27N3/c1-12(2)10-14(16-3)11-13-8-9-18(17-13)15-6-4-5-7-15/h8-9,12,14-16H,4-7,10-11H2,1-3H3. The summed E-state index contributed by atoms with van der Waals surface area (Å²) in [7, 11) is 2.06. The highest BCUT2D eigenvalue weighted by Gasteiger charge is 2.18. The van der Waals surface area contributed by atoms with Crippen molar-refractivity contribution in [3.8, 4) is 0 Å². The SMILES string of the molecule is CNC(Cc1ccn(C2CCCC2)n1)CC(C)C. The predicted octanol–water partition coefficient (Wildman–Crippen LogP) is 3.17. The lowest BCUT2D eigenvalue weighted by Crippen LogP contribution is -2.29. The van der Waals surface area contributed by atoms with E-state index in [0.29, 0.717) is 12.1 Å². The maximum atomic E-state index is 4.76.